The van der Waals surface area contributed by atoms with E-state index in [1.807, 2.05) is 0 Å². The third kappa shape index (κ3) is 6.86. The summed E-state index contributed by atoms with van der Waals surface area (Å²) in [5.41, 5.74) is 3.15. The van der Waals surface area contributed by atoms with Gasteiger partial charge in [-0.2, -0.15) is 12.6 Å². The van der Waals surface area contributed by atoms with Crippen molar-refractivity contribution in [1.29, 1.82) is 0 Å². The van der Waals surface area contributed by atoms with E-state index in [0.717, 1.165) is 22.5 Å². The molecule has 0 bridgehead atoms. The maximum Gasteiger partial charge on any atom is 0.416 e. The molecule has 13 nitrogen and oxygen atoms in total. The largest absolute Gasteiger partial charge is 0.493 e. The van der Waals surface area contributed by atoms with Gasteiger partial charge < -0.3 is 38.6 Å². The van der Waals surface area contributed by atoms with E-state index in [1.54, 1.807) is 23.2 Å². The highest BCUT2D eigenvalue weighted by Crippen LogP contribution is 2.42. The van der Waals surface area contributed by atoms with E-state index in [2.05, 4.69) is 30.8 Å². The molecule has 0 saturated carbocycles. The van der Waals surface area contributed by atoms with Crippen LogP contribution in [0.3, 0.4) is 0 Å². The first-order valence-electron chi connectivity index (χ1n) is 16.6. The molecule has 266 valence electrons. The third-order valence-corrected chi connectivity index (χ3v) is 9.38. The molecule has 4 aliphatic heterocycles. The molecule has 0 radical (unpaired) electrons. The number of hydrogen-bond acceptors (Lipinski definition) is 11. The Morgan fingerprint density at radius 1 is 0.860 bits per heavy atom. The number of thiol groups is 1. The lowest BCUT2D eigenvalue weighted by molar-refractivity contribution is 0.0493. The smallest absolute Gasteiger partial charge is 0.416 e. The minimum atomic E-state index is -1.36. The van der Waals surface area contributed by atoms with Crippen molar-refractivity contribution in [3.8, 4) is 23.0 Å². The molecule has 4 heterocycles. The van der Waals surface area contributed by atoms with Crippen LogP contribution in [0.1, 0.15) is 52.8 Å². The molecule has 1 N–H and O–H groups in total. The van der Waals surface area contributed by atoms with E-state index in [1.165, 1.54) is 31.3 Å². The van der Waals surface area contributed by atoms with E-state index >= 15 is 0 Å². The van der Waals surface area contributed by atoms with Gasteiger partial charge in [-0.25, -0.2) is 9.69 Å². The van der Waals surface area contributed by atoms with Gasteiger partial charge in [0.15, 0.2) is 29.2 Å². The topological polar surface area (TPSA) is 140 Å². The molecule has 3 amide bonds. The third-order valence-electron chi connectivity index (χ3n) is 9.20. The lowest BCUT2D eigenvalue weighted by Gasteiger charge is -2.31. The molecule has 2 aromatic carbocycles. The van der Waals surface area contributed by atoms with Gasteiger partial charge in [0.1, 0.15) is 6.61 Å². The minimum Gasteiger partial charge on any atom is -0.493 e. The number of carbonyl (C=O) groups excluding carboxylic acids is 3. The van der Waals surface area contributed by atoms with Crippen LogP contribution in [0.4, 0.5) is 16.2 Å². The number of aliphatic hydroxyl groups is 1. The number of amides is 3. The highest BCUT2D eigenvalue weighted by atomic mass is 32.1. The van der Waals surface area contributed by atoms with E-state index in [-0.39, 0.29) is 42.3 Å². The van der Waals surface area contributed by atoms with Crippen LogP contribution < -0.4 is 23.8 Å². The lowest BCUT2D eigenvalue weighted by Crippen LogP contribution is -2.51. The Hall–Kier alpha value is -4.69. The number of carbonyl (C=O) groups is 3. The second-order valence-electron chi connectivity index (χ2n) is 12.6. The maximum atomic E-state index is 13.7. The molecule has 0 spiro atoms. The van der Waals surface area contributed by atoms with Gasteiger partial charge in [-0.15, -0.1) is 0 Å². The SMILES string of the molecule is C=C1CC2C=Nc3cc(OCCCCCOc4cc5c(cc4OC)C(=O)N4CC(=C)CC4C(O)N5C(=O)OCCS)c(OC)cc3C(=O)N2C1. The lowest BCUT2D eigenvalue weighted by atomic mass is 10.1. The predicted octanol–water partition coefficient (Wildman–Crippen LogP) is 4.79. The molecule has 2 fully saturated rings. The summed E-state index contributed by atoms with van der Waals surface area (Å²) in [4.78, 5) is 49.1. The predicted molar refractivity (Wildman–Crippen MR) is 190 cm³/mol. The Bertz CT molecular complexity index is 1730. The number of aliphatic imine (C=N–C) groups is 1. The Balaban J connectivity index is 1.09. The van der Waals surface area contributed by atoms with Crippen molar-refractivity contribution >= 4 is 48.1 Å². The molecule has 2 saturated heterocycles. The average molecular weight is 707 g/mol. The zero-order chi connectivity index (χ0) is 35.5. The number of rotatable bonds is 12. The first-order chi connectivity index (χ1) is 24.1. The summed E-state index contributed by atoms with van der Waals surface area (Å²) >= 11 is 4.12. The summed E-state index contributed by atoms with van der Waals surface area (Å²) in [6.45, 7) is 9.54. The van der Waals surface area contributed by atoms with Gasteiger partial charge in [0, 0.05) is 37.2 Å². The minimum absolute atomic E-state index is 0.0293. The van der Waals surface area contributed by atoms with Crippen LogP contribution >= 0.6 is 12.6 Å². The molecule has 4 aliphatic rings. The monoisotopic (exact) mass is 706 g/mol. The maximum absolute atomic E-state index is 13.7. The fraction of sp³-hybridized carbons (Fsp3) is 0.444. The summed E-state index contributed by atoms with van der Waals surface area (Å²) in [7, 11) is 3.01. The van der Waals surface area contributed by atoms with E-state index in [9.17, 15) is 19.5 Å². The molecule has 3 unspecified atom stereocenters. The molecule has 2 aromatic rings. The van der Waals surface area contributed by atoms with Crippen LogP contribution in [0.5, 0.6) is 23.0 Å². The van der Waals surface area contributed by atoms with Crippen molar-refractivity contribution in [2.24, 2.45) is 4.99 Å². The Morgan fingerprint density at radius 2 is 1.48 bits per heavy atom. The fourth-order valence-electron chi connectivity index (χ4n) is 6.74. The second-order valence-corrected chi connectivity index (χ2v) is 13.1. The zero-order valence-electron chi connectivity index (χ0n) is 28.3. The van der Waals surface area contributed by atoms with Crippen molar-refractivity contribution in [3.05, 3.63) is 59.7 Å². The standard InChI is InChI=1S/C36H42N4O9S/c1-21-12-23-18-37-26-16-31(29(45-3)14-24(26)33(41)38(23)19-21)47-8-6-5-7-9-48-32-17-27-25(15-30(32)46-4)34(42)39-20-22(2)13-28(39)35(43)40(27)36(44)49-10-11-50/h14-18,23,28,35,43,50H,1-2,5-13,19-20H2,3-4H3. The van der Waals surface area contributed by atoms with Crippen molar-refractivity contribution < 1.29 is 43.2 Å². The normalized spacial score (nSPS) is 20.9. The van der Waals surface area contributed by atoms with Gasteiger partial charge in [0.25, 0.3) is 11.8 Å². The molecule has 14 heteroatoms. The van der Waals surface area contributed by atoms with Gasteiger partial charge in [-0.3, -0.25) is 14.6 Å². The first kappa shape index (κ1) is 35.1. The van der Waals surface area contributed by atoms with Crippen LogP contribution in [0.2, 0.25) is 0 Å². The van der Waals surface area contributed by atoms with Gasteiger partial charge in [-0.05, 0) is 44.2 Å². The molecule has 0 aromatic heterocycles. The number of hydrogen-bond donors (Lipinski definition) is 2. The number of fused-ring (bicyclic) bond motifs is 4. The number of nitrogens with zero attached hydrogens (tertiary/aromatic N) is 4. The molecule has 0 aliphatic carbocycles. The van der Waals surface area contributed by atoms with Gasteiger partial charge in [0.05, 0.1) is 62.0 Å². The summed E-state index contributed by atoms with van der Waals surface area (Å²) in [6, 6.07) is 5.72. The number of ether oxygens (including phenoxy) is 5. The molecular formula is C36H42N4O9S. The van der Waals surface area contributed by atoms with Crippen molar-refractivity contribution in [3.63, 3.8) is 0 Å². The van der Waals surface area contributed by atoms with Crippen LogP contribution in [0.25, 0.3) is 0 Å². The number of anilines is 1. The van der Waals surface area contributed by atoms with Crippen LogP contribution in [-0.4, -0.2) is 110 Å². The first-order valence-corrected chi connectivity index (χ1v) is 17.2. The average Bonchev–Trinajstić information content (AvgIpc) is 3.65. The summed E-state index contributed by atoms with van der Waals surface area (Å²) in [6.07, 6.45) is 2.82. The van der Waals surface area contributed by atoms with Gasteiger partial charge in [-0.1, -0.05) is 24.3 Å². The molecule has 50 heavy (non-hydrogen) atoms. The number of benzene rings is 2. The van der Waals surface area contributed by atoms with Crippen molar-refractivity contribution in [1.82, 2.24) is 9.80 Å². The van der Waals surface area contributed by atoms with Crippen LogP contribution in [0.15, 0.2) is 53.6 Å². The van der Waals surface area contributed by atoms with Crippen LogP contribution in [0, 0.1) is 0 Å². The van der Waals surface area contributed by atoms with Gasteiger partial charge >= 0.3 is 6.09 Å². The van der Waals surface area contributed by atoms with Gasteiger partial charge in [0.2, 0.25) is 0 Å². The second kappa shape index (κ2) is 15.1. The highest BCUT2D eigenvalue weighted by molar-refractivity contribution is 7.80. The quantitative estimate of drug-likeness (QED) is 0.181. The molecular weight excluding hydrogens is 664 g/mol. The Kier molecular flexibility index (Phi) is 10.6. The molecule has 6 rings (SSSR count). The number of unbranched alkanes of at least 4 members (excludes halogenated alkanes) is 2. The van der Waals surface area contributed by atoms with E-state index < -0.39 is 18.4 Å². The highest BCUT2D eigenvalue weighted by Gasteiger charge is 2.46. The Labute approximate surface area is 296 Å². The van der Waals surface area contributed by atoms with Crippen molar-refractivity contribution in [2.45, 2.75) is 50.4 Å². The van der Waals surface area contributed by atoms with Crippen molar-refractivity contribution in [2.75, 3.05) is 57.8 Å². The summed E-state index contributed by atoms with van der Waals surface area (Å²) < 4.78 is 28.6. The van der Waals surface area contributed by atoms with Crippen LogP contribution in [-0.2, 0) is 4.74 Å². The zero-order valence-corrected chi connectivity index (χ0v) is 29.2. The van der Waals surface area contributed by atoms with E-state index in [0.29, 0.717) is 85.4 Å². The summed E-state index contributed by atoms with van der Waals surface area (Å²) in [5, 5.41) is 11.4. The summed E-state index contributed by atoms with van der Waals surface area (Å²) in [5.74, 6) is 1.43. The Morgan fingerprint density at radius 3 is 2.16 bits per heavy atom. The fourth-order valence-corrected chi connectivity index (χ4v) is 6.83. The molecule has 3 atom stereocenters. The number of methoxy groups -OCH3 is 2. The number of aliphatic hydroxyl groups excluding tert-OH is 1. The van der Waals surface area contributed by atoms with E-state index in [4.69, 9.17) is 23.7 Å².